The van der Waals surface area contributed by atoms with Crippen LogP contribution in [0.5, 0.6) is 0 Å². The second-order valence-corrected chi connectivity index (χ2v) is 3.67. The Morgan fingerprint density at radius 3 is 3.00 bits per heavy atom. The van der Waals surface area contributed by atoms with Crippen LogP contribution in [0.25, 0.3) is 10.4 Å². The maximum Gasteiger partial charge on any atom is 0.0588 e. The van der Waals surface area contributed by atoms with Crippen molar-refractivity contribution in [1.82, 2.24) is 0 Å². The van der Waals surface area contributed by atoms with Crippen molar-refractivity contribution in [2.45, 2.75) is 26.3 Å². The lowest BCUT2D eigenvalue weighted by Gasteiger charge is -2.29. The van der Waals surface area contributed by atoms with Gasteiger partial charge in [-0.25, -0.2) is 0 Å². The minimum absolute atomic E-state index is 0.00162. The summed E-state index contributed by atoms with van der Waals surface area (Å²) in [6, 6.07) is 0.00162. The Balaban J connectivity index is 2.89. The quantitative estimate of drug-likeness (QED) is 0.268. The Morgan fingerprint density at radius 1 is 1.77 bits per heavy atom. The number of hydrogen-bond acceptors (Lipinski definition) is 1. The topological polar surface area (TPSA) is 48.8 Å². The molecule has 3 heteroatoms. The molecule has 0 heterocycles. The Morgan fingerprint density at radius 2 is 2.46 bits per heavy atom. The summed E-state index contributed by atoms with van der Waals surface area (Å²) in [6.45, 7) is 7.98. The van der Waals surface area contributed by atoms with Crippen molar-refractivity contribution in [3.63, 3.8) is 0 Å². The molecule has 0 saturated heterocycles. The van der Waals surface area contributed by atoms with Crippen molar-refractivity contribution in [2.24, 2.45) is 17.0 Å². The fourth-order valence-electron chi connectivity index (χ4n) is 1.82. The van der Waals surface area contributed by atoms with E-state index in [0.717, 1.165) is 6.42 Å². The van der Waals surface area contributed by atoms with E-state index in [0.29, 0.717) is 11.8 Å². The van der Waals surface area contributed by atoms with Crippen LogP contribution in [0, 0.1) is 11.8 Å². The molecule has 0 bridgehead atoms. The van der Waals surface area contributed by atoms with Gasteiger partial charge in [-0.3, -0.25) is 0 Å². The average Bonchev–Trinajstić information content (AvgIpc) is 2.11. The summed E-state index contributed by atoms with van der Waals surface area (Å²) in [4.78, 5) is 2.86. The first-order valence-electron chi connectivity index (χ1n) is 4.53. The van der Waals surface area contributed by atoms with Crippen molar-refractivity contribution in [3.05, 3.63) is 34.7 Å². The lowest BCUT2D eigenvalue weighted by atomic mass is 9.78. The fraction of sp³-hybridized carbons (Fsp3) is 0.600. The first-order valence-corrected chi connectivity index (χ1v) is 4.53. The van der Waals surface area contributed by atoms with E-state index in [4.69, 9.17) is 5.53 Å². The molecule has 1 aliphatic rings. The number of hydrogen-bond donors (Lipinski definition) is 0. The highest BCUT2D eigenvalue weighted by Crippen LogP contribution is 2.31. The van der Waals surface area contributed by atoms with Gasteiger partial charge in [0.2, 0.25) is 0 Å². The third-order valence-electron chi connectivity index (χ3n) is 2.71. The summed E-state index contributed by atoms with van der Waals surface area (Å²) in [6.07, 6.45) is 5.06. The number of azide groups is 1. The van der Waals surface area contributed by atoms with Crippen molar-refractivity contribution < 1.29 is 0 Å². The lowest BCUT2D eigenvalue weighted by molar-refractivity contribution is 0.368. The first kappa shape index (κ1) is 9.87. The number of rotatable bonds is 2. The van der Waals surface area contributed by atoms with Gasteiger partial charge < -0.3 is 0 Å². The summed E-state index contributed by atoms with van der Waals surface area (Å²) in [5.74, 6) is 0.817. The van der Waals surface area contributed by atoms with E-state index in [1.807, 2.05) is 6.08 Å². The molecule has 0 saturated carbocycles. The summed E-state index contributed by atoms with van der Waals surface area (Å²) in [7, 11) is 0. The van der Waals surface area contributed by atoms with Gasteiger partial charge in [-0.15, -0.1) is 6.58 Å². The molecule has 0 aromatic rings. The van der Waals surface area contributed by atoms with Gasteiger partial charge in [-0.05, 0) is 30.7 Å². The molecule has 0 amide bonds. The van der Waals surface area contributed by atoms with Gasteiger partial charge in [0.15, 0.2) is 0 Å². The van der Waals surface area contributed by atoms with Crippen LogP contribution in [0.4, 0.5) is 0 Å². The third-order valence-corrected chi connectivity index (χ3v) is 2.71. The van der Waals surface area contributed by atoms with Crippen LogP contribution >= 0.6 is 0 Å². The summed E-state index contributed by atoms with van der Waals surface area (Å²) >= 11 is 0. The van der Waals surface area contributed by atoms with E-state index in [1.165, 1.54) is 5.57 Å². The van der Waals surface area contributed by atoms with Gasteiger partial charge in [-0.1, -0.05) is 29.8 Å². The first-order chi connectivity index (χ1) is 6.19. The Hall–Kier alpha value is -1.21. The molecule has 70 valence electrons. The van der Waals surface area contributed by atoms with Crippen LogP contribution in [0.1, 0.15) is 20.3 Å². The van der Waals surface area contributed by atoms with Crippen LogP contribution in [0.3, 0.4) is 0 Å². The molecule has 0 spiro atoms. The summed E-state index contributed by atoms with van der Waals surface area (Å²) < 4.78 is 0. The van der Waals surface area contributed by atoms with Crippen molar-refractivity contribution in [1.29, 1.82) is 0 Å². The molecule has 0 N–H and O–H groups in total. The minimum atomic E-state index is 0.00162. The van der Waals surface area contributed by atoms with E-state index in [1.54, 1.807) is 0 Å². The second-order valence-electron chi connectivity index (χ2n) is 3.67. The summed E-state index contributed by atoms with van der Waals surface area (Å²) in [5, 5.41) is 3.77. The second kappa shape index (κ2) is 4.15. The van der Waals surface area contributed by atoms with Crippen LogP contribution in [-0.4, -0.2) is 6.04 Å². The van der Waals surface area contributed by atoms with Crippen LogP contribution < -0.4 is 0 Å². The molecular formula is C10H15N3. The van der Waals surface area contributed by atoms with E-state index in [-0.39, 0.29) is 6.04 Å². The zero-order valence-electron chi connectivity index (χ0n) is 8.14. The number of nitrogens with zero attached hydrogens (tertiary/aromatic N) is 3. The van der Waals surface area contributed by atoms with Crippen molar-refractivity contribution in [3.8, 4) is 0 Å². The van der Waals surface area contributed by atoms with E-state index in [2.05, 4.69) is 36.5 Å². The monoisotopic (exact) mass is 177 g/mol. The zero-order chi connectivity index (χ0) is 9.84. The smallest absolute Gasteiger partial charge is 0.0588 e. The van der Waals surface area contributed by atoms with Gasteiger partial charge >= 0.3 is 0 Å². The molecule has 0 aromatic carbocycles. The van der Waals surface area contributed by atoms with E-state index >= 15 is 0 Å². The fourth-order valence-corrected chi connectivity index (χ4v) is 1.82. The molecule has 1 unspecified atom stereocenters. The van der Waals surface area contributed by atoms with Gasteiger partial charge in [0.1, 0.15) is 0 Å². The highest BCUT2D eigenvalue weighted by Gasteiger charge is 2.25. The molecule has 3 nitrogen and oxygen atoms in total. The SMILES string of the molecule is C=C[C@@H]1CC(C)=C[C@H](N=[N+]=[N-])C1C. The molecule has 13 heavy (non-hydrogen) atoms. The molecule has 0 fully saturated rings. The maximum atomic E-state index is 8.38. The predicted molar refractivity (Wildman–Crippen MR) is 54.2 cm³/mol. The molecule has 0 radical (unpaired) electrons. The summed E-state index contributed by atoms with van der Waals surface area (Å²) in [5.41, 5.74) is 9.68. The lowest BCUT2D eigenvalue weighted by Crippen LogP contribution is -2.25. The van der Waals surface area contributed by atoms with E-state index < -0.39 is 0 Å². The molecule has 0 aromatic heterocycles. The van der Waals surface area contributed by atoms with Gasteiger partial charge in [0.25, 0.3) is 0 Å². The predicted octanol–water partition coefficient (Wildman–Crippen LogP) is 3.45. The van der Waals surface area contributed by atoms with Gasteiger partial charge in [-0.2, -0.15) is 0 Å². The normalized spacial score (nSPS) is 33.1. The van der Waals surface area contributed by atoms with Crippen LogP contribution in [0.2, 0.25) is 0 Å². The highest BCUT2D eigenvalue weighted by molar-refractivity contribution is 5.14. The Labute approximate surface area is 78.8 Å². The largest absolute Gasteiger partial charge is 0.103 e. The Kier molecular flexibility index (Phi) is 3.15. The maximum absolute atomic E-state index is 8.38. The van der Waals surface area contributed by atoms with E-state index in [9.17, 15) is 0 Å². The zero-order valence-corrected chi connectivity index (χ0v) is 8.14. The third kappa shape index (κ3) is 2.13. The molecule has 3 atom stereocenters. The van der Waals surface area contributed by atoms with Crippen molar-refractivity contribution >= 4 is 0 Å². The molecule has 0 aliphatic heterocycles. The minimum Gasteiger partial charge on any atom is -0.103 e. The highest BCUT2D eigenvalue weighted by atomic mass is 15.1. The van der Waals surface area contributed by atoms with Crippen LogP contribution in [-0.2, 0) is 0 Å². The standard InChI is InChI=1S/C10H15N3/c1-4-9-5-7(2)6-10(8(9)3)12-13-11/h4,6,8-10H,1,5H2,2-3H3/t8?,9-,10+/m1/s1. The van der Waals surface area contributed by atoms with Gasteiger partial charge in [0, 0.05) is 4.91 Å². The van der Waals surface area contributed by atoms with Gasteiger partial charge in [0.05, 0.1) is 6.04 Å². The molecular weight excluding hydrogens is 162 g/mol. The molecule has 1 aliphatic carbocycles. The number of allylic oxidation sites excluding steroid dienone is 2. The molecule has 1 rings (SSSR count). The van der Waals surface area contributed by atoms with Crippen molar-refractivity contribution in [2.75, 3.05) is 0 Å². The van der Waals surface area contributed by atoms with Crippen LogP contribution in [0.15, 0.2) is 29.4 Å². The Bertz CT molecular complexity index is 274. The average molecular weight is 177 g/mol.